The molecule has 0 amide bonds. The van der Waals surface area contributed by atoms with E-state index in [0.717, 1.165) is 29.2 Å². The zero-order chi connectivity index (χ0) is 24.6. The Morgan fingerprint density at radius 3 is 0.824 bits per heavy atom. The van der Waals surface area contributed by atoms with Crippen molar-refractivity contribution in [1.82, 2.24) is 0 Å². The molecule has 0 aliphatic heterocycles. The average molecular weight is 455 g/mol. The van der Waals surface area contributed by atoms with Crippen LogP contribution in [0.3, 0.4) is 0 Å². The lowest BCUT2D eigenvalue weighted by Crippen LogP contribution is -2.02. The van der Waals surface area contributed by atoms with E-state index in [0.29, 0.717) is 11.4 Å². The predicted octanol–water partition coefficient (Wildman–Crippen LogP) is 5.92. The topological polar surface area (TPSA) is 102 Å². The van der Waals surface area contributed by atoms with Crippen LogP contribution in [0.2, 0.25) is 0 Å². The summed E-state index contributed by atoms with van der Waals surface area (Å²) in [6.07, 6.45) is 0. The molecule has 6 heteroatoms. The summed E-state index contributed by atoms with van der Waals surface area (Å²) in [5, 5.41) is 32.1. The quantitative estimate of drug-likeness (QED) is 0.202. The van der Waals surface area contributed by atoms with Gasteiger partial charge in [0.25, 0.3) is 5.97 Å². The molecule has 34 heavy (non-hydrogen) atoms. The zero-order valence-electron chi connectivity index (χ0n) is 18.7. The Balaban J connectivity index is 0.000000208. The first-order valence-electron chi connectivity index (χ1n) is 10.4. The summed E-state index contributed by atoms with van der Waals surface area (Å²) in [6.45, 7) is 1.08. The van der Waals surface area contributed by atoms with Crippen molar-refractivity contribution in [2.45, 2.75) is 6.92 Å². The normalized spacial score (nSPS) is 9.21. The lowest BCUT2D eigenvalue weighted by Gasteiger charge is -2.03. The maximum Gasteiger partial charge on any atom is 0.300 e. The van der Waals surface area contributed by atoms with Gasteiger partial charge in [-0.1, -0.05) is 132 Å². The van der Waals surface area contributed by atoms with Gasteiger partial charge in [-0.05, 0) is 0 Å². The number of carboxylic acid groups (broad SMARTS) is 1. The summed E-state index contributed by atoms with van der Waals surface area (Å²) in [5.41, 5.74) is 4.82. The van der Waals surface area contributed by atoms with Gasteiger partial charge in [-0.3, -0.25) is 4.79 Å². The van der Waals surface area contributed by atoms with Gasteiger partial charge in [-0.15, -0.1) is 0 Å². The lowest BCUT2D eigenvalue weighted by atomic mass is 10.0. The number of nitrogens with zero attached hydrogens (tertiary/aromatic N) is 2. The van der Waals surface area contributed by atoms with Crippen molar-refractivity contribution >= 4 is 17.4 Å². The molecule has 0 unspecified atom stereocenters. The molecule has 0 saturated heterocycles. The van der Waals surface area contributed by atoms with Gasteiger partial charge in [0.15, 0.2) is 0 Å². The maximum absolute atomic E-state index is 9.02. The molecular formula is C28H26N2O4. The molecule has 0 heterocycles. The Hall–Kier alpha value is -4.71. The van der Waals surface area contributed by atoms with Crippen LogP contribution in [0.15, 0.2) is 132 Å². The molecule has 4 aromatic rings. The molecule has 0 spiro atoms. The molecule has 3 N–H and O–H groups in total. The number of aliphatic carboxylic acids is 1. The molecule has 4 aromatic carbocycles. The molecule has 6 nitrogen and oxygen atoms in total. The fraction of sp³-hybridized carbons (Fsp3) is 0.0357. The molecule has 172 valence electrons. The molecule has 0 aromatic heterocycles. The van der Waals surface area contributed by atoms with E-state index >= 15 is 0 Å². The molecule has 0 aliphatic rings. The van der Waals surface area contributed by atoms with Crippen molar-refractivity contribution in [3.8, 4) is 0 Å². The van der Waals surface area contributed by atoms with E-state index in [-0.39, 0.29) is 0 Å². The fourth-order valence-corrected chi connectivity index (χ4v) is 2.95. The van der Waals surface area contributed by atoms with Crippen molar-refractivity contribution < 1.29 is 20.3 Å². The number of benzene rings is 4. The third-order valence-corrected chi connectivity index (χ3v) is 4.39. The molecule has 0 fully saturated rings. The smallest absolute Gasteiger partial charge is 0.300 e. The highest BCUT2D eigenvalue weighted by Crippen LogP contribution is 2.11. The van der Waals surface area contributed by atoms with Crippen molar-refractivity contribution in [3.63, 3.8) is 0 Å². The van der Waals surface area contributed by atoms with Crippen molar-refractivity contribution in [2.24, 2.45) is 10.3 Å². The maximum atomic E-state index is 9.02. The second-order valence-corrected chi connectivity index (χ2v) is 6.88. The highest BCUT2D eigenvalue weighted by Gasteiger charge is 2.06. The summed E-state index contributed by atoms with van der Waals surface area (Å²) in [6, 6.07) is 38.4. The monoisotopic (exact) mass is 454 g/mol. The van der Waals surface area contributed by atoms with E-state index in [4.69, 9.17) is 20.3 Å². The number of hydrogen-bond donors (Lipinski definition) is 3. The fourth-order valence-electron chi connectivity index (χ4n) is 2.95. The van der Waals surface area contributed by atoms with Gasteiger partial charge in [0.2, 0.25) is 0 Å². The third-order valence-electron chi connectivity index (χ3n) is 4.39. The Morgan fingerprint density at radius 2 is 0.676 bits per heavy atom. The Kier molecular flexibility index (Phi) is 10.8. The van der Waals surface area contributed by atoms with Gasteiger partial charge < -0.3 is 15.5 Å². The Bertz CT molecular complexity index is 1000. The second kappa shape index (κ2) is 14.4. The van der Waals surface area contributed by atoms with E-state index in [2.05, 4.69) is 10.3 Å². The van der Waals surface area contributed by atoms with Gasteiger partial charge >= 0.3 is 0 Å². The largest absolute Gasteiger partial charge is 0.481 e. The van der Waals surface area contributed by atoms with E-state index in [1.807, 2.05) is 121 Å². The highest BCUT2D eigenvalue weighted by molar-refractivity contribution is 6.13. The first kappa shape index (κ1) is 25.5. The molecule has 0 radical (unpaired) electrons. The lowest BCUT2D eigenvalue weighted by molar-refractivity contribution is -0.134. The van der Waals surface area contributed by atoms with Gasteiger partial charge in [0.1, 0.15) is 11.4 Å². The van der Waals surface area contributed by atoms with Crippen molar-refractivity contribution in [1.29, 1.82) is 0 Å². The highest BCUT2D eigenvalue weighted by atomic mass is 16.4. The minimum absolute atomic E-state index is 0.594. The number of hydrogen-bond acceptors (Lipinski definition) is 5. The Morgan fingerprint density at radius 1 is 0.500 bits per heavy atom. The number of carbonyl (C=O) groups is 1. The molecule has 0 atom stereocenters. The van der Waals surface area contributed by atoms with Crippen LogP contribution >= 0.6 is 0 Å². The van der Waals surface area contributed by atoms with Gasteiger partial charge in [0.05, 0.1) is 0 Å². The summed E-state index contributed by atoms with van der Waals surface area (Å²) in [7, 11) is 0. The molecule has 0 aliphatic carbocycles. The summed E-state index contributed by atoms with van der Waals surface area (Å²) >= 11 is 0. The molecule has 4 rings (SSSR count). The van der Waals surface area contributed by atoms with Crippen LogP contribution in [0.5, 0.6) is 0 Å². The van der Waals surface area contributed by atoms with Crippen LogP contribution in [-0.4, -0.2) is 32.9 Å². The van der Waals surface area contributed by atoms with Crippen LogP contribution in [0.1, 0.15) is 29.2 Å². The summed E-state index contributed by atoms with van der Waals surface area (Å²) in [5.74, 6) is -0.833. The predicted molar refractivity (Wildman–Crippen MR) is 134 cm³/mol. The number of carboxylic acids is 1. The van der Waals surface area contributed by atoms with Crippen LogP contribution in [0.25, 0.3) is 0 Å². The first-order chi connectivity index (χ1) is 16.6. The van der Waals surface area contributed by atoms with Crippen LogP contribution in [-0.2, 0) is 4.79 Å². The van der Waals surface area contributed by atoms with E-state index in [1.54, 1.807) is 0 Å². The van der Waals surface area contributed by atoms with E-state index in [1.165, 1.54) is 0 Å². The Labute approximate surface area is 198 Å². The van der Waals surface area contributed by atoms with E-state index < -0.39 is 5.97 Å². The average Bonchev–Trinajstić information content (AvgIpc) is 2.88. The SMILES string of the molecule is CC(=O)O.ON=C(c1ccccc1)c1ccccc1.ON=C(c1ccccc1)c1ccccc1. The number of rotatable bonds is 4. The van der Waals surface area contributed by atoms with E-state index in [9.17, 15) is 0 Å². The minimum Gasteiger partial charge on any atom is -0.481 e. The standard InChI is InChI=1S/2C13H11NO.C2H4O2/c2*15-14-13(11-7-3-1-4-8-11)12-9-5-2-6-10-12;1-2(3)4/h2*1-10,15H;1H3,(H,3,4). The molecule has 0 bridgehead atoms. The van der Waals surface area contributed by atoms with Crippen LogP contribution < -0.4 is 0 Å². The second-order valence-electron chi connectivity index (χ2n) is 6.88. The van der Waals surface area contributed by atoms with Gasteiger partial charge in [-0.2, -0.15) is 0 Å². The van der Waals surface area contributed by atoms with Crippen molar-refractivity contribution in [2.75, 3.05) is 0 Å². The minimum atomic E-state index is -0.833. The molecule has 0 saturated carbocycles. The number of oxime groups is 2. The first-order valence-corrected chi connectivity index (χ1v) is 10.4. The summed E-state index contributed by atoms with van der Waals surface area (Å²) in [4.78, 5) is 9.00. The van der Waals surface area contributed by atoms with Crippen LogP contribution in [0.4, 0.5) is 0 Å². The van der Waals surface area contributed by atoms with Crippen molar-refractivity contribution in [3.05, 3.63) is 144 Å². The van der Waals surface area contributed by atoms with Crippen LogP contribution in [0, 0.1) is 0 Å². The van der Waals surface area contributed by atoms with Gasteiger partial charge in [-0.25, -0.2) is 0 Å². The third kappa shape index (κ3) is 8.43. The van der Waals surface area contributed by atoms with Gasteiger partial charge in [0, 0.05) is 29.2 Å². The molecular weight excluding hydrogens is 428 g/mol. The summed E-state index contributed by atoms with van der Waals surface area (Å²) < 4.78 is 0. The zero-order valence-corrected chi connectivity index (χ0v) is 18.7.